The number of nitrogens with zero attached hydrogens (tertiary/aromatic N) is 6. The van der Waals surface area contributed by atoms with Gasteiger partial charge in [0.1, 0.15) is 5.69 Å². The molecule has 2 aromatic heterocycles. The number of carbonyl (C=O) groups excluding carboxylic acids is 1. The van der Waals surface area contributed by atoms with Crippen LogP contribution < -0.4 is 14.4 Å². The molecule has 4 heterocycles. The third-order valence-electron chi connectivity index (χ3n) is 5.88. The van der Waals surface area contributed by atoms with Crippen LogP contribution in [0.2, 0.25) is 0 Å². The number of benzene rings is 2. The summed E-state index contributed by atoms with van der Waals surface area (Å²) in [5, 5.41) is 8.81. The number of aromatic nitrogens is 4. The molecule has 2 aromatic carbocycles. The van der Waals surface area contributed by atoms with Crippen LogP contribution in [0.5, 0.6) is 11.5 Å². The molecule has 0 aliphatic carbocycles. The molecular formula is C24H20N6O3. The highest BCUT2D eigenvalue weighted by Gasteiger charge is 2.24. The zero-order valence-corrected chi connectivity index (χ0v) is 17.7. The molecule has 0 saturated carbocycles. The Hall–Kier alpha value is -4.27. The van der Waals surface area contributed by atoms with Gasteiger partial charge in [0, 0.05) is 31.7 Å². The van der Waals surface area contributed by atoms with Gasteiger partial charge >= 0.3 is 0 Å². The molecule has 1 fully saturated rings. The van der Waals surface area contributed by atoms with E-state index in [1.165, 1.54) is 0 Å². The van der Waals surface area contributed by atoms with Gasteiger partial charge < -0.3 is 19.3 Å². The number of para-hydroxylation sites is 2. The number of piperazine rings is 1. The molecule has 0 bridgehead atoms. The van der Waals surface area contributed by atoms with E-state index in [9.17, 15) is 4.79 Å². The Labute approximate surface area is 189 Å². The molecule has 2 aliphatic rings. The molecule has 1 saturated heterocycles. The van der Waals surface area contributed by atoms with Crippen LogP contribution in [0.4, 0.5) is 5.82 Å². The minimum absolute atomic E-state index is 0.0999. The summed E-state index contributed by atoms with van der Waals surface area (Å²) in [5.41, 5.74) is 3.56. The summed E-state index contributed by atoms with van der Waals surface area (Å²) in [5.74, 6) is 2.15. The molecule has 33 heavy (non-hydrogen) atoms. The quantitative estimate of drug-likeness (QED) is 0.480. The van der Waals surface area contributed by atoms with E-state index in [0.717, 1.165) is 39.6 Å². The van der Waals surface area contributed by atoms with Gasteiger partial charge in [-0.2, -0.15) is 0 Å². The fourth-order valence-electron chi connectivity index (χ4n) is 4.06. The van der Waals surface area contributed by atoms with Crippen LogP contribution in [-0.2, 0) is 0 Å². The number of anilines is 1. The Balaban J connectivity index is 1.12. The van der Waals surface area contributed by atoms with Crippen molar-refractivity contribution in [2.45, 2.75) is 0 Å². The lowest BCUT2D eigenvalue weighted by molar-refractivity contribution is 0.0740. The van der Waals surface area contributed by atoms with Gasteiger partial charge in [-0.15, -0.1) is 10.2 Å². The van der Waals surface area contributed by atoms with Crippen LogP contribution in [0, 0.1) is 0 Å². The summed E-state index contributed by atoms with van der Waals surface area (Å²) in [6.07, 6.45) is 1.55. The van der Waals surface area contributed by atoms with Crippen LogP contribution in [0.1, 0.15) is 10.5 Å². The predicted molar refractivity (Wildman–Crippen MR) is 121 cm³/mol. The lowest BCUT2D eigenvalue weighted by Gasteiger charge is -2.35. The summed E-state index contributed by atoms with van der Waals surface area (Å²) in [7, 11) is 0. The minimum atomic E-state index is -0.0999. The van der Waals surface area contributed by atoms with Gasteiger partial charge in [-0.25, -0.2) is 4.98 Å². The van der Waals surface area contributed by atoms with Gasteiger partial charge in [-0.05, 0) is 42.5 Å². The molecule has 6 rings (SSSR count). The number of rotatable bonds is 3. The standard InChI is InChI=1S/C24H20N6O3/c31-24(20-14-25-18-3-1-2-4-19(18)26-20)30-11-9-29(10-12-30)23-8-6-17(27-28-23)16-5-7-21-22(13-16)33-15-32-21/h1-8,13-14H,9-12,15H2. The van der Waals surface area contributed by atoms with Crippen LogP contribution in [-0.4, -0.2) is 63.9 Å². The van der Waals surface area contributed by atoms with Crippen LogP contribution in [0.25, 0.3) is 22.3 Å². The van der Waals surface area contributed by atoms with E-state index in [-0.39, 0.29) is 12.7 Å². The summed E-state index contributed by atoms with van der Waals surface area (Å²) in [6, 6.07) is 17.2. The van der Waals surface area contributed by atoms with Gasteiger partial charge in [0.05, 0.1) is 22.9 Å². The molecule has 164 valence electrons. The second-order valence-electron chi connectivity index (χ2n) is 7.87. The lowest BCUT2D eigenvalue weighted by Crippen LogP contribution is -2.49. The third kappa shape index (κ3) is 3.67. The van der Waals surface area contributed by atoms with Crippen molar-refractivity contribution < 1.29 is 14.3 Å². The van der Waals surface area contributed by atoms with Crippen molar-refractivity contribution in [3.8, 4) is 22.8 Å². The van der Waals surface area contributed by atoms with Crippen molar-refractivity contribution >= 4 is 22.8 Å². The molecule has 9 heteroatoms. The minimum Gasteiger partial charge on any atom is -0.454 e. The topological polar surface area (TPSA) is 93.6 Å². The highest BCUT2D eigenvalue weighted by atomic mass is 16.7. The van der Waals surface area contributed by atoms with Crippen molar-refractivity contribution in [1.29, 1.82) is 0 Å². The summed E-state index contributed by atoms with van der Waals surface area (Å²) < 4.78 is 10.8. The number of hydrogen-bond donors (Lipinski definition) is 0. The van der Waals surface area contributed by atoms with Gasteiger partial charge in [0.25, 0.3) is 5.91 Å². The Morgan fingerprint density at radius 1 is 0.848 bits per heavy atom. The first kappa shape index (κ1) is 19.4. The number of hydrogen-bond acceptors (Lipinski definition) is 8. The maximum atomic E-state index is 12.9. The second-order valence-corrected chi connectivity index (χ2v) is 7.87. The maximum Gasteiger partial charge on any atom is 0.274 e. The van der Waals surface area contributed by atoms with E-state index in [2.05, 4.69) is 25.1 Å². The van der Waals surface area contributed by atoms with E-state index in [1.807, 2.05) is 59.5 Å². The fraction of sp³-hybridized carbons (Fsp3) is 0.208. The summed E-state index contributed by atoms with van der Waals surface area (Å²) >= 11 is 0. The zero-order chi connectivity index (χ0) is 22.2. The number of carbonyl (C=O) groups is 1. The Bertz CT molecular complexity index is 1340. The van der Waals surface area contributed by atoms with Crippen LogP contribution in [0.3, 0.4) is 0 Å². The molecule has 0 N–H and O–H groups in total. The second kappa shape index (κ2) is 8.01. The van der Waals surface area contributed by atoms with Gasteiger partial charge in [0.15, 0.2) is 17.3 Å². The molecule has 9 nitrogen and oxygen atoms in total. The van der Waals surface area contributed by atoms with E-state index < -0.39 is 0 Å². The third-order valence-corrected chi connectivity index (χ3v) is 5.88. The van der Waals surface area contributed by atoms with Crippen molar-refractivity contribution in [2.24, 2.45) is 0 Å². The van der Waals surface area contributed by atoms with Gasteiger partial charge in [-0.3, -0.25) is 9.78 Å². The first-order valence-corrected chi connectivity index (χ1v) is 10.7. The predicted octanol–water partition coefficient (Wildman–Crippen LogP) is 2.78. The largest absolute Gasteiger partial charge is 0.454 e. The van der Waals surface area contributed by atoms with Gasteiger partial charge in [-0.1, -0.05) is 12.1 Å². The van der Waals surface area contributed by atoms with Crippen molar-refractivity contribution in [1.82, 2.24) is 25.1 Å². The van der Waals surface area contributed by atoms with Crippen LogP contribution in [0.15, 0.2) is 60.8 Å². The highest BCUT2D eigenvalue weighted by molar-refractivity contribution is 5.94. The average molecular weight is 440 g/mol. The monoisotopic (exact) mass is 440 g/mol. The fourth-order valence-corrected chi connectivity index (χ4v) is 4.06. The summed E-state index contributed by atoms with van der Waals surface area (Å²) in [4.78, 5) is 25.7. The first-order valence-electron chi connectivity index (χ1n) is 10.7. The van der Waals surface area contributed by atoms with E-state index in [0.29, 0.717) is 31.9 Å². The molecule has 2 aliphatic heterocycles. The van der Waals surface area contributed by atoms with Gasteiger partial charge in [0.2, 0.25) is 6.79 Å². The average Bonchev–Trinajstić information content (AvgIpc) is 3.36. The van der Waals surface area contributed by atoms with Crippen molar-refractivity contribution in [2.75, 3.05) is 37.9 Å². The number of fused-ring (bicyclic) bond motifs is 2. The van der Waals surface area contributed by atoms with E-state index in [1.54, 1.807) is 6.20 Å². The van der Waals surface area contributed by atoms with Crippen molar-refractivity contribution in [3.05, 3.63) is 66.5 Å². The van der Waals surface area contributed by atoms with Crippen LogP contribution >= 0.6 is 0 Å². The molecule has 0 radical (unpaired) electrons. The summed E-state index contributed by atoms with van der Waals surface area (Å²) in [6.45, 7) is 2.75. The highest BCUT2D eigenvalue weighted by Crippen LogP contribution is 2.35. The molecule has 4 aromatic rings. The Kier molecular flexibility index (Phi) is 4.71. The maximum absolute atomic E-state index is 12.9. The SMILES string of the molecule is O=C(c1cnc2ccccc2n1)N1CCN(c2ccc(-c3ccc4c(c3)OCO4)nn2)CC1. The molecule has 0 spiro atoms. The smallest absolute Gasteiger partial charge is 0.274 e. The van der Waals surface area contributed by atoms with E-state index in [4.69, 9.17) is 9.47 Å². The zero-order valence-electron chi connectivity index (χ0n) is 17.7. The molecular weight excluding hydrogens is 420 g/mol. The molecule has 1 amide bonds. The first-order chi connectivity index (χ1) is 16.2. The number of amides is 1. The Morgan fingerprint density at radius 3 is 2.48 bits per heavy atom. The number of ether oxygens (including phenoxy) is 2. The molecule has 0 unspecified atom stereocenters. The lowest BCUT2D eigenvalue weighted by atomic mass is 10.1. The van der Waals surface area contributed by atoms with E-state index >= 15 is 0 Å². The Morgan fingerprint density at radius 2 is 1.67 bits per heavy atom. The molecule has 0 atom stereocenters. The normalized spacial score (nSPS) is 15.2. The van der Waals surface area contributed by atoms with Crippen molar-refractivity contribution in [3.63, 3.8) is 0 Å².